The van der Waals surface area contributed by atoms with Gasteiger partial charge in [0.2, 0.25) is 0 Å². The quantitative estimate of drug-likeness (QED) is 0.501. The predicted molar refractivity (Wildman–Crippen MR) is 102 cm³/mol. The summed E-state index contributed by atoms with van der Waals surface area (Å²) in [5.74, 6) is 2.39. The molecule has 0 radical (unpaired) electrons. The first-order valence-electron chi connectivity index (χ1n) is 8.15. The number of sulfone groups is 1. The molecule has 1 aromatic carbocycles. The van der Waals surface area contributed by atoms with Crippen LogP contribution in [-0.4, -0.2) is 60.2 Å². The highest BCUT2D eigenvalue weighted by atomic mass is 32.2. The molecule has 0 fully saturated rings. The second-order valence-corrected chi connectivity index (χ2v) is 8.15. The zero-order valence-electron chi connectivity index (χ0n) is 15.6. The van der Waals surface area contributed by atoms with E-state index in [9.17, 15) is 8.42 Å². The number of nitrogens with zero attached hydrogens (tertiary/aromatic N) is 1. The van der Waals surface area contributed by atoms with E-state index < -0.39 is 9.84 Å². The van der Waals surface area contributed by atoms with Gasteiger partial charge in [-0.25, -0.2) is 8.42 Å². The van der Waals surface area contributed by atoms with Crippen molar-refractivity contribution in [2.75, 3.05) is 39.8 Å². The molecule has 0 aliphatic carbocycles. The van der Waals surface area contributed by atoms with Crippen molar-refractivity contribution in [1.82, 2.24) is 10.6 Å². The maximum Gasteiger partial charge on any atom is 0.191 e. The number of hydrogen-bond acceptors (Lipinski definition) is 5. The van der Waals surface area contributed by atoms with Gasteiger partial charge in [0.15, 0.2) is 5.96 Å². The van der Waals surface area contributed by atoms with Gasteiger partial charge in [0.1, 0.15) is 21.3 Å². The van der Waals surface area contributed by atoms with Crippen LogP contribution >= 0.6 is 0 Å². The van der Waals surface area contributed by atoms with Crippen LogP contribution in [0.2, 0.25) is 0 Å². The molecule has 0 saturated carbocycles. The summed E-state index contributed by atoms with van der Waals surface area (Å²) in [5.41, 5.74) is 1.04. The standard InChI is InChI=1S/C17H29N3O4S/c1-13(9-11-25(5,21)22)20-17(18-2)19-10-8-14-12-15(23-3)6-7-16(14)24-4/h6-7,12-13H,8-11H2,1-5H3,(H2,18,19,20). The third-order valence-electron chi connectivity index (χ3n) is 3.70. The Morgan fingerprint density at radius 1 is 1.28 bits per heavy atom. The number of nitrogens with one attached hydrogen (secondary N) is 2. The molecule has 0 spiro atoms. The molecule has 8 heteroatoms. The van der Waals surface area contributed by atoms with Crippen molar-refractivity contribution in [3.05, 3.63) is 23.8 Å². The lowest BCUT2D eigenvalue weighted by molar-refractivity contribution is 0.398. The molecule has 1 atom stereocenters. The summed E-state index contributed by atoms with van der Waals surface area (Å²) in [6, 6.07) is 5.70. The summed E-state index contributed by atoms with van der Waals surface area (Å²) < 4.78 is 33.1. The van der Waals surface area contributed by atoms with Gasteiger partial charge >= 0.3 is 0 Å². The monoisotopic (exact) mass is 371 g/mol. The number of rotatable bonds is 9. The van der Waals surface area contributed by atoms with Crippen LogP contribution in [0.3, 0.4) is 0 Å². The van der Waals surface area contributed by atoms with Gasteiger partial charge in [-0.05, 0) is 43.5 Å². The predicted octanol–water partition coefficient (Wildman–Crippen LogP) is 1.23. The Bertz CT molecular complexity index is 674. The van der Waals surface area contributed by atoms with Crippen LogP contribution in [0.5, 0.6) is 11.5 Å². The molecule has 7 nitrogen and oxygen atoms in total. The summed E-state index contributed by atoms with van der Waals surface area (Å²) >= 11 is 0. The molecule has 2 N–H and O–H groups in total. The number of benzene rings is 1. The average molecular weight is 372 g/mol. The van der Waals surface area contributed by atoms with E-state index in [1.54, 1.807) is 21.3 Å². The molecule has 1 rings (SSSR count). The zero-order valence-corrected chi connectivity index (χ0v) is 16.4. The third kappa shape index (κ3) is 8.11. The lowest BCUT2D eigenvalue weighted by Gasteiger charge is -2.18. The highest BCUT2D eigenvalue weighted by Crippen LogP contribution is 2.24. The maximum atomic E-state index is 11.2. The molecule has 0 amide bonds. The van der Waals surface area contributed by atoms with Gasteiger partial charge in [0, 0.05) is 25.9 Å². The first-order chi connectivity index (χ1) is 11.8. The SMILES string of the molecule is CN=C(NCCc1cc(OC)ccc1OC)NC(C)CCS(C)(=O)=O. The van der Waals surface area contributed by atoms with E-state index in [2.05, 4.69) is 15.6 Å². The average Bonchev–Trinajstić information content (AvgIpc) is 2.58. The van der Waals surface area contributed by atoms with E-state index in [0.29, 0.717) is 18.9 Å². The van der Waals surface area contributed by atoms with Gasteiger partial charge in [-0.15, -0.1) is 0 Å². The van der Waals surface area contributed by atoms with Crippen LogP contribution in [0.15, 0.2) is 23.2 Å². The fourth-order valence-electron chi connectivity index (χ4n) is 2.28. The fraction of sp³-hybridized carbons (Fsp3) is 0.588. The van der Waals surface area contributed by atoms with Crippen molar-refractivity contribution in [2.45, 2.75) is 25.8 Å². The minimum atomic E-state index is -2.96. The van der Waals surface area contributed by atoms with Crippen molar-refractivity contribution < 1.29 is 17.9 Å². The van der Waals surface area contributed by atoms with E-state index >= 15 is 0 Å². The van der Waals surface area contributed by atoms with E-state index in [1.807, 2.05) is 25.1 Å². The van der Waals surface area contributed by atoms with E-state index in [-0.39, 0.29) is 11.8 Å². The summed E-state index contributed by atoms with van der Waals surface area (Å²) in [6.07, 6.45) is 2.51. The Kier molecular flexibility index (Phi) is 8.54. The molecule has 0 heterocycles. The molecular weight excluding hydrogens is 342 g/mol. The molecule has 0 aromatic heterocycles. The Balaban J connectivity index is 2.53. The van der Waals surface area contributed by atoms with Crippen LogP contribution in [-0.2, 0) is 16.3 Å². The van der Waals surface area contributed by atoms with Crippen molar-refractivity contribution >= 4 is 15.8 Å². The highest BCUT2D eigenvalue weighted by Gasteiger charge is 2.10. The van der Waals surface area contributed by atoms with Crippen molar-refractivity contribution in [3.8, 4) is 11.5 Å². The Hall–Kier alpha value is -1.96. The third-order valence-corrected chi connectivity index (χ3v) is 4.68. The normalized spacial score (nSPS) is 13.2. The summed E-state index contributed by atoms with van der Waals surface area (Å²) in [5, 5.41) is 6.42. The van der Waals surface area contributed by atoms with Gasteiger partial charge in [0.05, 0.1) is 20.0 Å². The van der Waals surface area contributed by atoms with Crippen LogP contribution in [0.1, 0.15) is 18.9 Å². The number of guanidine groups is 1. The van der Waals surface area contributed by atoms with Crippen LogP contribution in [0.4, 0.5) is 0 Å². The summed E-state index contributed by atoms with van der Waals surface area (Å²) in [4.78, 5) is 4.17. The Labute approximate surface area is 150 Å². The van der Waals surface area contributed by atoms with E-state index in [4.69, 9.17) is 9.47 Å². The smallest absolute Gasteiger partial charge is 0.191 e. The van der Waals surface area contributed by atoms with E-state index in [0.717, 1.165) is 23.5 Å². The summed E-state index contributed by atoms with van der Waals surface area (Å²) in [7, 11) is 2.00. The molecule has 0 aliphatic heterocycles. The van der Waals surface area contributed by atoms with Crippen LogP contribution < -0.4 is 20.1 Å². The van der Waals surface area contributed by atoms with E-state index in [1.165, 1.54) is 6.26 Å². The Morgan fingerprint density at radius 2 is 2.00 bits per heavy atom. The van der Waals surface area contributed by atoms with Crippen molar-refractivity contribution in [1.29, 1.82) is 0 Å². The first-order valence-corrected chi connectivity index (χ1v) is 10.2. The maximum absolute atomic E-state index is 11.2. The highest BCUT2D eigenvalue weighted by molar-refractivity contribution is 7.90. The second kappa shape index (κ2) is 10.1. The van der Waals surface area contributed by atoms with Gasteiger partial charge < -0.3 is 20.1 Å². The van der Waals surface area contributed by atoms with Gasteiger partial charge in [0.25, 0.3) is 0 Å². The number of ether oxygens (including phenoxy) is 2. The topological polar surface area (TPSA) is 89.0 Å². The second-order valence-electron chi connectivity index (χ2n) is 5.89. The minimum absolute atomic E-state index is 0.00674. The largest absolute Gasteiger partial charge is 0.497 e. The Morgan fingerprint density at radius 3 is 2.56 bits per heavy atom. The fourth-order valence-corrected chi connectivity index (χ4v) is 3.07. The molecule has 0 bridgehead atoms. The zero-order chi connectivity index (χ0) is 18.9. The van der Waals surface area contributed by atoms with Crippen molar-refractivity contribution in [3.63, 3.8) is 0 Å². The molecule has 0 saturated heterocycles. The number of hydrogen-bond donors (Lipinski definition) is 2. The lowest BCUT2D eigenvalue weighted by Crippen LogP contribution is -2.43. The van der Waals surface area contributed by atoms with Gasteiger partial charge in [-0.3, -0.25) is 4.99 Å². The van der Waals surface area contributed by atoms with Crippen LogP contribution in [0, 0.1) is 0 Å². The molecule has 1 aromatic rings. The number of methoxy groups -OCH3 is 2. The lowest BCUT2D eigenvalue weighted by atomic mass is 10.1. The molecule has 25 heavy (non-hydrogen) atoms. The first kappa shape index (κ1) is 21.1. The summed E-state index contributed by atoms with van der Waals surface area (Å²) in [6.45, 7) is 2.59. The van der Waals surface area contributed by atoms with Crippen molar-refractivity contribution in [2.24, 2.45) is 4.99 Å². The van der Waals surface area contributed by atoms with Crippen LogP contribution in [0.25, 0.3) is 0 Å². The number of aliphatic imine (C=N–C) groups is 1. The molecule has 142 valence electrons. The van der Waals surface area contributed by atoms with Gasteiger partial charge in [-0.1, -0.05) is 0 Å². The minimum Gasteiger partial charge on any atom is -0.497 e. The van der Waals surface area contributed by atoms with Gasteiger partial charge in [-0.2, -0.15) is 0 Å². The molecular formula is C17H29N3O4S. The molecule has 1 unspecified atom stereocenters. The molecule has 0 aliphatic rings.